The molecule has 0 atom stereocenters. The van der Waals surface area contributed by atoms with E-state index in [-0.39, 0.29) is 0 Å². The monoisotopic (exact) mass is 165 g/mol. The summed E-state index contributed by atoms with van der Waals surface area (Å²) in [7, 11) is 0. The Bertz CT molecular complexity index is 309. The van der Waals surface area contributed by atoms with Crippen LogP contribution in [0.15, 0.2) is 34.3 Å². The average Bonchev–Trinajstić information content (AvgIpc) is 2.47. The molecule has 0 aliphatic carbocycles. The molecule has 2 nitrogen and oxygen atoms in total. The molecule has 0 amide bonds. The molecule has 1 N–H and O–H groups in total. The van der Waals surface area contributed by atoms with E-state index in [1.165, 1.54) is 4.90 Å². The molecule has 2 rings (SSSR count). The first-order chi connectivity index (χ1) is 5.42. The number of hydrogen-bond acceptors (Lipinski definition) is 3. The molecule has 1 aliphatic rings. The summed E-state index contributed by atoms with van der Waals surface area (Å²) in [4.78, 5) is 1.21. The van der Waals surface area contributed by atoms with E-state index in [2.05, 4.69) is 5.16 Å². The van der Waals surface area contributed by atoms with Crippen molar-refractivity contribution in [2.24, 2.45) is 5.16 Å². The van der Waals surface area contributed by atoms with Crippen LogP contribution in [0.2, 0.25) is 0 Å². The van der Waals surface area contributed by atoms with Crippen LogP contribution in [0.25, 0.3) is 0 Å². The molecule has 0 spiro atoms. The molecular formula is C8H7NOS. The van der Waals surface area contributed by atoms with Crippen LogP contribution in [0.4, 0.5) is 0 Å². The van der Waals surface area contributed by atoms with Gasteiger partial charge in [0.2, 0.25) is 0 Å². The molecule has 56 valence electrons. The van der Waals surface area contributed by atoms with E-state index in [0.717, 1.165) is 17.0 Å². The number of hydrogen-bond donors (Lipinski definition) is 1. The maximum atomic E-state index is 8.59. The standard InChI is InChI=1S/C8H7NOS/c10-9-7-5-11-8-4-2-1-3-6(7)8/h1-4,10H,5H2/b9-7+. The highest BCUT2D eigenvalue weighted by Crippen LogP contribution is 2.30. The van der Waals surface area contributed by atoms with Crippen molar-refractivity contribution >= 4 is 17.5 Å². The third-order valence-electron chi connectivity index (χ3n) is 1.68. The van der Waals surface area contributed by atoms with Gasteiger partial charge in [0.25, 0.3) is 0 Å². The summed E-state index contributed by atoms with van der Waals surface area (Å²) < 4.78 is 0. The highest BCUT2D eigenvalue weighted by atomic mass is 32.2. The van der Waals surface area contributed by atoms with Crippen LogP contribution in [0, 0.1) is 0 Å². The third kappa shape index (κ3) is 1.01. The summed E-state index contributed by atoms with van der Waals surface area (Å²) in [5.74, 6) is 0.788. The molecule has 1 aromatic carbocycles. The minimum Gasteiger partial charge on any atom is -0.411 e. The van der Waals surface area contributed by atoms with E-state index in [0.29, 0.717) is 0 Å². The van der Waals surface area contributed by atoms with Crippen molar-refractivity contribution in [3.05, 3.63) is 29.8 Å². The van der Waals surface area contributed by atoms with Gasteiger partial charge in [0.15, 0.2) is 0 Å². The van der Waals surface area contributed by atoms with Crippen molar-refractivity contribution in [2.75, 3.05) is 5.75 Å². The first-order valence-electron chi connectivity index (χ1n) is 3.35. The van der Waals surface area contributed by atoms with Crippen molar-refractivity contribution in [1.82, 2.24) is 0 Å². The van der Waals surface area contributed by atoms with Gasteiger partial charge in [-0.15, -0.1) is 11.8 Å². The van der Waals surface area contributed by atoms with Crippen LogP contribution in [-0.2, 0) is 0 Å². The fourth-order valence-corrected chi connectivity index (χ4v) is 2.16. The molecule has 1 aromatic rings. The number of oxime groups is 1. The van der Waals surface area contributed by atoms with Gasteiger partial charge in [0, 0.05) is 16.2 Å². The zero-order valence-corrected chi connectivity index (χ0v) is 6.64. The van der Waals surface area contributed by atoms with E-state index in [1.54, 1.807) is 11.8 Å². The molecule has 0 unspecified atom stereocenters. The Kier molecular flexibility index (Phi) is 1.58. The van der Waals surface area contributed by atoms with Crippen molar-refractivity contribution in [3.8, 4) is 0 Å². The first-order valence-corrected chi connectivity index (χ1v) is 4.33. The van der Waals surface area contributed by atoms with E-state index in [1.807, 2.05) is 24.3 Å². The Morgan fingerprint density at radius 1 is 1.36 bits per heavy atom. The third-order valence-corrected chi connectivity index (χ3v) is 2.77. The van der Waals surface area contributed by atoms with Gasteiger partial charge in [0.1, 0.15) is 0 Å². The second-order valence-corrected chi connectivity index (χ2v) is 3.35. The van der Waals surface area contributed by atoms with Crippen LogP contribution in [0.5, 0.6) is 0 Å². The van der Waals surface area contributed by atoms with Crippen LogP contribution in [0.1, 0.15) is 5.56 Å². The lowest BCUT2D eigenvalue weighted by atomic mass is 10.1. The fourth-order valence-electron chi connectivity index (χ4n) is 1.14. The van der Waals surface area contributed by atoms with Crippen molar-refractivity contribution < 1.29 is 5.21 Å². The molecule has 0 fully saturated rings. The fraction of sp³-hybridized carbons (Fsp3) is 0.125. The average molecular weight is 165 g/mol. The molecule has 0 saturated heterocycles. The van der Waals surface area contributed by atoms with Gasteiger partial charge >= 0.3 is 0 Å². The van der Waals surface area contributed by atoms with Crippen molar-refractivity contribution in [3.63, 3.8) is 0 Å². The van der Waals surface area contributed by atoms with Gasteiger partial charge < -0.3 is 5.21 Å². The van der Waals surface area contributed by atoms with Gasteiger partial charge in [-0.1, -0.05) is 23.4 Å². The smallest absolute Gasteiger partial charge is 0.0981 e. The normalized spacial score (nSPS) is 18.7. The summed E-state index contributed by atoms with van der Waals surface area (Å²) in [6.45, 7) is 0. The highest BCUT2D eigenvalue weighted by molar-refractivity contribution is 8.00. The molecule has 1 heterocycles. The minimum absolute atomic E-state index is 0.783. The molecule has 0 bridgehead atoms. The van der Waals surface area contributed by atoms with Gasteiger partial charge in [-0.3, -0.25) is 0 Å². The molecule has 3 heteroatoms. The zero-order chi connectivity index (χ0) is 7.68. The number of thioether (sulfide) groups is 1. The molecular weight excluding hydrogens is 158 g/mol. The Balaban J connectivity index is 2.55. The number of rotatable bonds is 0. The zero-order valence-electron chi connectivity index (χ0n) is 5.82. The van der Waals surface area contributed by atoms with Crippen LogP contribution in [-0.4, -0.2) is 16.7 Å². The SMILES string of the molecule is O/N=C1\CSc2ccccc21. The minimum atomic E-state index is 0.783. The lowest BCUT2D eigenvalue weighted by molar-refractivity contribution is 0.319. The summed E-state index contributed by atoms with van der Waals surface area (Å²) in [5, 5.41) is 11.8. The second-order valence-electron chi connectivity index (χ2n) is 2.33. The summed E-state index contributed by atoms with van der Waals surface area (Å²) >= 11 is 1.71. The van der Waals surface area contributed by atoms with Gasteiger partial charge in [-0.2, -0.15) is 0 Å². The molecule has 0 radical (unpaired) electrons. The van der Waals surface area contributed by atoms with E-state index in [4.69, 9.17) is 5.21 Å². The molecule has 0 saturated carbocycles. The lowest BCUT2D eigenvalue weighted by Gasteiger charge is -1.93. The van der Waals surface area contributed by atoms with E-state index < -0.39 is 0 Å². The molecule has 1 aliphatic heterocycles. The Morgan fingerprint density at radius 2 is 2.18 bits per heavy atom. The number of fused-ring (bicyclic) bond motifs is 1. The van der Waals surface area contributed by atoms with Gasteiger partial charge in [-0.25, -0.2) is 0 Å². The summed E-state index contributed by atoms with van der Waals surface area (Å²) in [5.41, 5.74) is 1.85. The van der Waals surface area contributed by atoms with Crippen LogP contribution in [0.3, 0.4) is 0 Å². The van der Waals surface area contributed by atoms with Gasteiger partial charge in [-0.05, 0) is 6.07 Å². The van der Waals surface area contributed by atoms with Crippen molar-refractivity contribution in [2.45, 2.75) is 4.90 Å². The maximum Gasteiger partial charge on any atom is 0.0981 e. The number of benzene rings is 1. The van der Waals surface area contributed by atoms with Crippen LogP contribution < -0.4 is 0 Å². The summed E-state index contributed by atoms with van der Waals surface area (Å²) in [6.07, 6.45) is 0. The highest BCUT2D eigenvalue weighted by Gasteiger charge is 2.17. The maximum absolute atomic E-state index is 8.59. The van der Waals surface area contributed by atoms with Crippen molar-refractivity contribution in [1.29, 1.82) is 0 Å². The summed E-state index contributed by atoms with van der Waals surface area (Å²) in [6, 6.07) is 7.96. The van der Waals surface area contributed by atoms with Crippen LogP contribution >= 0.6 is 11.8 Å². The first kappa shape index (κ1) is 6.73. The number of nitrogens with zero attached hydrogens (tertiary/aromatic N) is 1. The Hall–Kier alpha value is -0.960. The van der Waals surface area contributed by atoms with E-state index in [9.17, 15) is 0 Å². The quantitative estimate of drug-likeness (QED) is 0.471. The van der Waals surface area contributed by atoms with E-state index >= 15 is 0 Å². The lowest BCUT2D eigenvalue weighted by Crippen LogP contribution is -1.96. The Labute approximate surface area is 68.9 Å². The predicted molar refractivity (Wildman–Crippen MR) is 45.5 cm³/mol. The predicted octanol–water partition coefficient (Wildman–Crippen LogP) is 1.97. The largest absolute Gasteiger partial charge is 0.411 e. The molecule has 11 heavy (non-hydrogen) atoms. The Morgan fingerprint density at radius 3 is 3.00 bits per heavy atom. The van der Waals surface area contributed by atoms with Gasteiger partial charge in [0.05, 0.1) is 5.71 Å². The topological polar surface area (TPSA) is 32.6 Å². The molecule has 0 aromatic heterocycles. The second kappa shape index (κ2) is 2.58.